The Morgan fingerprint density at radius 3 is 2.47 bits per heavy atom. The largest absolute Gasteiger partial charge is 0.497 e. The summed E-state index contributed by atoms with van der Waals surface area (Å²) < 4.78 is 19.6. The number of amides is 1. The van der Waals surface area contributed by atoms with Crippen molar-refractivity contribution in [2.45, 2.75) is 31.7 Å². The Morgan fingerprint density at radius 2 is 1.76 bits per heavy atom. The van der Waals surface area contributed by atoms with Gasteiger partial charge < -0.3 is 9.64 Å². The first-order chi connectivity index (χ1) is 16.5. The van der Waals surface area contributed by atoms with Crippen molar-refractivity contribution in [3.8, 4) is 5.75 Å². The van der Waals surface area contributed by atoms with Crippen LogP contribution in [0.3, 0.4) is 0 Å². The first-order valence-electron chi connectivity index (χ1n) is 11.3. The molecule has 1 saturated carbocycles. The summed E-state index contributed by atoms with van der Waals surface area (Å²) in [5.74, 6) is -0.545. The van der Waals surface area contributed by atoms with Crippen molar-refractivity contribution < 1.29 is 18.7 Å². The predicted octanol–water partition coefficient (Wildman–Crippen LogP) is 5.78. The standard InChI is InChI=1S/C28H25FN2O3/c1-17(32)31-25-9-4-3-8-23(25)30-24-15-20(18-10-12-22(34-2)13-11-18)16-26(33)27(24)28(31)19-6-5-7-21(29)14-19/h3-14,20,27-28H,15-16H2,1-2H3. The molecule has 5 nitrogen and oxygen atoms in total. The third-order valence-electron chi connectivity index (χ3n) is 6.72. The minimum atomic E-state index is -0.667. The number of halogens is 1. The van der Waals surface area contributed by atoms with Crippen LogP contribution in [-0.2, 0) is 9.59 Å². The molecule has 34 heavy (non-hydrogen) atoms. The third kappa shape index (κ3) is 3.89. The highest BCUT2D eigenvalue weighted by Gasteiger charge is 2.45. The van der Waals surface area contributed by atoms with E-state index in [4.69, 9.17) is 9.73 Å². The van der Waals surface area contributed by atoms with Crippen LogP contribution in [0.2, 0.25) is 0 Å². The molecule has 0 saturated heterocycles. The lowest BCUT2D eigenvalue weighted by Crippen LogP contribution is -2.45. The summed E-state index contributed by atoms with van der Waals surface area (Å²) in [5, 5.41) is 0. The molecule has 3 aromatic carbocycles. The van der Waals surface area contributed by atoms with Crippen LogP contribution in [0.25, 0.3) is 0 Å². The summed E-state index contributed by atoms with van der Waals surface area (Å²) in [6.07, 6.45) is 0.901. The number of nitrogens with zero attached hydrogens (tertiary/aromatic N) is 2. The molecule has 0 N–H and O–H groups in total. The van der Waals surface area contributed by atoms with Crippen molar-refractivity contribution in [2.75, 3.05) is 12.0 Å². The minimum Gasteiger partial charge on any atom is -0.497 e. The molecule has 1 amide bonds. The molecule has 0 radical (unpaired) electrons. The maximum atomic E-state index is 14.3. The number of fused-ring (bicyclic) bond motifs is 2. The Labute approximate surface area is 197 Å². The Bertz CT molecular complexity index is 1280. The molecule has 3 aromatic rings. The van der Waals surface area contributed by atoms with E-state index in [1.165, 1.54) is 19.1 Å². The van der Waals surface area contributed by atoms with Crippen molar-refractivity contribution in [1.82, 2.24) is 0 Å². The highest BCUT2D eigenvalue weighted by molar-refractivity contribution is 6.13. The van der Waals surface area contributed by atoms with Gasteiger partial charge in [-0.3, -0.25) is 14.6 Å². The van der Waals surface area contributed by atoms with Crippen molar-refractivity contribution in [2.24, 2.45) is 10.9 Å². The van der Waals surface area contributed by atoms with Crippen LogP contribution in [0, 0.1) is 11.7 Å². The van der Waals surface area contributed by atoms with E-state index in [0.717, 1.165) is 17.0 Å². The van der Waals surface area contributed by atoms with Crippen LogP contribution in [0.15, 0.2) is 77.8 Å². The first kappa shape index (κ1) is 22.0. The first-order valence-corrected chi connectivity index (χ1v) is 11.3. The lowest BCUT2D eigenvalue weighted by Gasteiger charge is -2.38. The number of carbonyl (C=O) groups is 2. The predicted molar refractivity (Wildman–Crippen MR) is 129 cm³/mol. The summed E-state index contributed by atoms with van der Waals surface area (Å²) in [5.41, 5.74) is 3.61. The monoisotopic (exact) mass is 456 g/mol. The summed E-state index contributed by atoms with van der Waals surface area (Å²) in [6, 6.07) is 20.6. The average Bonchev–Trinajstić information content (AvgIpc) is 2.98. The number of ether oxygens (including phenoxy) is 1. The number of Topliss-reactive ketones (excluding diaryl/α,β-unsaturated/α-hetero) is 1. The van der Waals surface area contributed by atoms with Gasteiger partial charge >= 0.3 is 0 Å². The maximum Gasteiger partial charge on any atom is 0.224 e. The number of hydrogen-bond acceptors (Lipinski definition) is 4. The van der Waals surface area contributed by atoms with Gasteiger partial charge in [-0.05, 0) is 59.9 Å². The molecule has 3 atom stereocenters. The highest BCUT2D eigenvalue weighted by atomic mass is 19.1. The molecule has 1 aliphatic heterocycles. The van der Waals surface area contributed by atoms with E-state index in [0.29, 0.717) is 29.8 Å². The van der Waals surface area contributed by atoms with Gasteiger partial charge in [0.2, 0.25) is 5.91 Å². The van der Waals surface area contributed by atoms with E-state index in [9.17, 15) is 14.0 Å². The van der Waals surface area contributed by atoms with Gasteiger partial charge in [0.15, 0.2) is 0 Å². The quantitative estimate of drug-likeness (QED) is 0.502. The van der Waals surface area contributed by atoms with Gasteiger partial charge in [-0.15, -0.1) is 0 Å². The van der Waals surface area contributed by atoms with Crippen molar-refractivity contribution in [3.05, 3.63) is 89.7 Å². The van der Waals surface area contributed by atoms with Gasteiger partial charge in [0, 0.05) is 19.1 Å². The van der Waals surface area contributed by atoms with Gasteiger partial charge in [0.05, 0.1) is 30.4 Å². The number of carbonyl (C=O) groups excluding carboxylic acids is 2. The van der Waals surface area contributed by atoms with Crippen molar-refractivity contribution >= 4 is 28.8 Å². The number of anilines is 1. The molecule has 0 spiro atoms. The van der Waals surface area contributed by atoms with Crippen LogP contribution in [-0.4, -0.2) is 24.5 Å². The summed E-state index contributed by atoms with van der Waals surface area (Å²) in [7, 11) is 1.62. The third-order valence-corrected chi connectivity index (χ3v) is 6.72. The molecule has 0 bridgehead atoms. The van der Waals surface area contributed by atoms with Gasteiger partial charge in [-0.2, -0.15) is 0 Å². The van der Waals surface area contributed by atoms with E-state index >= 15 is 0 Å². The molecule has 2 aliphatic rings. The van der Waals surface area contributed by atoms with E-state index in [1.807, 2.05) is 48.5 Å². The molecule has 5 rings (SSSR count). The number of benzene rings is 3. The zero-order valence-corrected chi connectivity index (χ0v) is 19.1. The lowest BCUT2D eigenvalue weighted by molar-refractivity contribution is -0.123. The van der Waals surface area contributed by atoms with Gasteiger partial charge in [0.1, 0.15) is 17.3 Å². The van der Waals surface area contributed by atoms with Crippen LogP contribution < -0.4 is 9.64 Å². The smallest absolute Gasteiger partial charge is 0.224 e. The normalized spacial score (nSPS) is 21.7. The second-order valence-electron chi connectivity index (χ2n) is 8.80. The lowest BCUT2D eigenvalue weighted by atomic mass is 9.72. The van der Waals surface area contributed by atoms with Crippen LogP contribution in [0.5, 0.6) is 5.75 Å². The molecule has 6 heteroatoms. The molecular weight excluding hydrogens is 431 g/mol. The number of rotatable bonds is 3. The van der Waals surface area contributed by atoms with Crippen molar-refractivity contribution in [1.29, 1.82) is 0 Å². The average molecular weight is 457 g/mol. The summed E-state index contributed by atoms with van der Waals surface area (Å²) in [4.78, 5) is 33.3. The number of aliphatic imine (C=N–C) groups is 1. The topological polar surface area (TPSA) is 59.0 Å². The van der Waals surface area contributed by atoms with Crippen molar-refractivity contribution in [3.63, 3.8) is 0 Å². The number of ketones is 1. The van der Waals surface area contributed by atoms with Gasteiger partial charge in [-0.1, -0.05) is 36.4 Å². The molecular formula is C28H25FN2O3. The zero-order valence-electron chi connectivity index (χ0n) is 19.1. The molecule has 1 aliphatic carbocycles. The molecule has 172 valence electrons. The SMILES string of the molecule is COc1ccc(C2CC(=O)C3C(=Nc4ccccc4N(C(C)=O)C3c3cccc(F)c3)C2)cc1. The fourth-order valence-electron chi connectivity index (χ4n) is 5.21. The Kier molecular flexibility index (Phi) is 5.74. The van der Waals surface area contributed by atoms with E-state index in [1.54, 1.807) is 24.1 Å². The molecule has 1 heterocycles. The fourth-order valence-corrected chi connectivity index (χ4v) is 5.21. The number of para-hydroxylation sites is 2. The highest BCUT2D eigenvalue weighted by Crippen LogP contribution is 2.47. The Balaban J connectivity index is 1.65. The van der Waals surface area contributed by atoms with Crippen LogP contribution in [0.4, 0.5) is 15.8 Å². The second-order valence-corrected chi connectivity index (χ2v) is 8.80. The number of methoxy groups -OCH3 is 1. The van der Waals surface area contributed by atoms with E-state index in [2.05, 4.69) is 0 Å². The minimum absolute atomic E-state index is 0.000801. The van der Waals surface area contributed by atoms with Gasteiger partial charge in [0.25, 0.3) is 0 Å². The van der Waals surface area contributed by atoms with Gasteiger partial charge in [-0.25, -0.2) is 4.39 Å². The second kappa shape index (κ2) is 8.86. The molecule has 3 unspecified atom stereocenters. The van der Waals surface area contributed by atoms with Crippen LogP contribution in [0.1, 0.15) is 42.9 Å². The fraction of sp³-hybridized carbons (Fsp3) is 0.250. The maximum absolute atomic E-state index is 14.3. The number of hydrogen-bond donors (Lipinski definition) is 0. The summed E-state index contributed by atoms with van der Waals surface area (Å²) in [6.45, 7) is 1.47. The molecule has 0 aromatic heterocycles. The van der Waals surface area contributed by atoms with Crippen LogP contribution >= 0.6 is 0 Å². The van der Waals surface area contributed by atoms with E-state index < -0.39 is 17.8 Å². The zero-order chi connectivity index (χ0) is 23.8. The van der Waals surface area contributed by atoms with E-state index in [-0.39, 0.29) is 17.6 Å². The molecule has 1 fully saturated rings. The Morgan fingerprint density at radius 1 is 1.00 bits per heavy atom. The summed E-state index contributed by atoms with van der Waals surface area (Å²) >= 11 is 0. The Hall–Kier alpha value is -3.80.